The molecule has 3 amide bonds. The van der Waals surface area contributed by atoms with Gasteiger partial charge in [0, 0.05) is 16.3 Å². The molecule has 1 saturated heterocycles. The van der Waals surface area contributed by atoms with E-state index in [0.29, 0.717) is 33.3 Å². The Morgan fingerprint density at radius 2 is 1.34 bits per heavy atom. The highest BCUT2D eigenvalue weighted by atomic mass is 35.5. The molecule has 1 fully saturated rings. The van der Waals surface area contributed by atoms with Crippen molar-refractivity contribution in [3.8, 4) is 11.5 Å². The molecule has 2 heterocycles. The predicted octanol–water partition coefficient (Wildman–Crippen LogP) is 7.03. The maximum atomic E-state index is 13.8. The summed E-state index contributed by atoms with van der Waals surface area (Å²) < 4.78 is 11.0. The van der Waals surface area contributed by atoms with Gasteiger partial charge in [-0.05, 0) is 42.8 Å². The number of hydrogen-bond donors (Lipinski definition) is 0. The van der Waals surface area contributed by atoms with Crippen molar-refractivity contribution < 1.29 is 23.9 Å². The van der Waals surface area contributed by atoms with Gasteiger partial charge in [-0.3, -0.25) is 24.2 Å². The fraction of sp³-hybridized carbons (Fsp3) is 0.192. The minimum atomic E-state index is -1.27. The molecule has 5 rings (SSSR count). The Morgan fingerprint density at radius 1 is 0.737 bits per heavy atom. The highest BCUT2D eigenvalue weighted by Gasteiger charge is 2.59. The first-order chi connectivity index (χ1) is 18.0. The van der Waals surface area contributed by atoms with Crippen molar-refractivity contribution in [1.29, 1.82) is 0 Å². The van der Waals surface area contributed by atoms with Crippen molar-refractivity contribution >= 4 is 81.4 Å². The number of carbonyl (C=O) groups excluding carboxylic acids is 3. The van der Waals surface area contributed by atoms with Gasteiger partial charge in [-0.15, -0.1) is 0 Å². The van der Waals surface area contributed by atoms with E-state index in [-0.39, 0.29) is 31.2 Å². The van der Waals surface area contributed by atoms with Crippen LogP contribution in [0.5, 0.6) is 11.5 Å². The van der Waals surface area contributed by atoms with Gasteiger partial charge in [0.05, 0.1) is 51.5 Å². The largest absolute Gasteiger partial charge is 0.497 e. The number of fused-ring (bicyclic) bond motifs is 1. The Bertz CT molecular complexity index is 1510. The number of β-lactam (4-membered cyclic amide) rings is 1. The van der Waals surface area contributed by atoms with Gasteiger partial charge >= 0.3 is 0 Å². The zero-order valence-electron chi connectivity index (χ0n) is 19.9. The predicted molar refractivity (Wildman–Crippen MR) is 147 cm³/mol. The number of imide groups is 1. The third-order valence-corrected chi connectivity index (χ3v) is 8.94. The lowest BCUT2D eigenvalue weighted by molar-refractivity contribution is -0.130. The van der Waals surface area contributed by atoms with Crippen molar-refractivity contribution in [2.75, 3.05) is 19.1 Å². The van der Waals surface area contributed by atoms with Gasteiger partial charge in [-0.1, -0.05) is 64.1 Å². The molecule has 12 heteroatoms. The Balaban J connectivity index is 1.71. The van der Waals surface area contributed by atoms with E-state index >= 15 is 0 Å². The van der Waals surface area contributed by atoms with E-state index < -0.39 is 29.8 Å². The zero-order valence-corrected chi connectivity index (χ0v) is 23.7. The fourth-order valence-corrected chi connectivity index (χ4v) is 6.03. The molecule has 0 radical (unpaired) electrons. The number of rotatable bonds is 5. The van der Waals surface area contributed by atoms with Crippen LogP contribution in [0.3, 0.4) is 0 Å². The fourth-order valence-electron chi connectivity index (χ4n) is 4.85. The highest BCUT2D eigenvalue weighted by molar-refractivity contribution is 6.55. The van der Waals surface area contributed by atoms with Gasteiger partial charge in [-0.25, -0.2) is 0 Å². The summed E-state index contributed by atoms with van der Waals surface area (Å²) in [4.78, 5) is 43.5. The standard InChI is InChI=1S/C26H17Cl5N2O5/c1-10-13(27)5-4-6-14(10)32-22(12-9-11(37-2)7-8-15(12)38-3)23(26(32)36)33-24(34)16-17(25(33)35)19(29)21(31)20(30)18(16)28/h4-9,22-23H,1-3H3. The molecule has 0 aliphatic carbocycles. The van der Waals surface area contributed by atoms with Gasteiger partial charge in [0.25, 0.3) is 17.7 Å². The molecule has 0 bridgehead atoms. The van der Waals surface area contributed by atoms with E-state index in [2.05, 4.69) is 0 Å². The monoisotopic (exact) mass is 612 g/mol. The minimum Gasteiger partial charge on any atom is -0.497 e. The number of anilines is 1. The minimum absolute atomic E-state index is 0.165. The topological polar surface area (TPSA) is 76.1 Å². The van der Waals surface area contributed by atoms with Crippen LogP contribution in [-0.4, -0.2) is 42.9 Å². The van der Waals surface area contributed by atoms with Gasteiger partial charge in [0.2, 0.25) is 0 Å². The number of benzene rings is 3. The quantitative estimate of drug-likeness (QED) is 0.134. The zero-order chi connectivity index (χ0) is 27.6. The van der Waals surface area contributed by atoms with Gasteiger partial charge in [0.1, 0.15) is 17.5 Å². The Morgan fingerprint density at radius 3 is 1.89 bits per heavy atom. The van der Waals surface area contributed by atoms with Crippen LogP contribution in [0.15, 0.2) is 36.4 Å². The molecule has 2 unspecified atom stereocenters. The van der Waals surface area contributed by atoms with Crippen LogP contribution < -0.4 is 14.4 Å². The van der Waals surface area contributed by atoms with E-state index in [1.54, 1.807) is 43.3 Å². The first-order valence-electron chi connectivity index (χ1n) is 11.1. The number of ether oxygens (including phenoxy) is 2. The second-order valence-corrected chi connectivity index (χ2v) is 10.5. The lowest BCUT2D eigenvalue weighted by Crippen LogP contribution is -2.67. The molecule has 0 aromatic heterocycles. The van der Waals surface area contributed by atoms with Crippen LogP contribution in [-0.2, 0) is 4.79 Å². The molecule has 0 N–H and O–H groups in total. The van der Waals surface area contributed by atoms with E-state index in [0.717, 1.165) is 4.90 Å². The molecule has 7 nitrogen and oxygen atoms in total. The molecular formula is C26H17Cl5N2O5. The average molecular weight is 615 g/mol. The second-order valence-electron chi connectivity index (χ2n) is 8.58. The van der Waals surface area contributed by atoms with Crippen molar-refractivity contribution in [1.82, 2.24) is 4.90 Å². The summed E-state index contributed by atoms with van der Waals surface area (Å²) in [6.07, 6.45) is 0. The maximum Gasteiger partial charge on any atom is 0.264 e. The summed E-state index contributed by atoms with van der Waals surface area (Å²) in [5.41, 5.74) is 1.23. The lowest BCUT2D eigenvalue weighted by atomic mass is 9.85. The van der Waals surface area contributed by atoms with Crippen molar-refractivity contribution in [2.24, 2.45) is 0 Å². The summed E-state index contributed by atoms with van der Waals surface area (Å²) in [5, 5.41) is -0.327. The van der Waals surface area contributed by atoms with Crippen LogP contribution in [0.25, 0.3) is 0 Å². The molecule has 2 aliphatic heterocycles. The van der Waals surface area contributed by atoms with Crippen LogP contribution in [0.1, 0.15) is 37.9 Å². The molecule has 196 valence electrons. The van der Waals surface area contributed by atoms with E-state index in [9.17, 15) is 14.4 Å². The van der Waals surface area contributed by atoms with E-state index in [4.69, 9.17) is 67.5 Å². The molecule has 38 heavy (non-hydrogen) atoms. The number of carbonyl (C=O) groups is 3. The molecule has 3 aromatic rings. The number of halogens is 5. The third kappa shape index (κ3) is 3.75. The summed E-state index contributed by atoms with van der Waals surface area (Å²) in [7, 11) is 2.97. The number of hydrogen-bond acceptors (Lipinski definition) is 5. The third-order valence-electron chi connectivity index (χ3n) is 6.73. The highest BCUT2D eigenvalue weighted by Crippen LogP contribution is 2.51. The van der Waals surface area contributed by atoms with Gasteiger partial charge < -0.3 is 9.47 Å². The van der Waals surface area contributed by atoms with Crippen molar-refractivity contribution in [2.45, 2.75) is 19.0 Å². The first-order valence-corrected chi connectivity index (χ1v) is 13.0. The Kier molecular flexibility index (Phi) is 6.95. The maximum absolute atomic E-state index is 13.8. The summed E-state index contributed by atoms with van der Waals surface area (Å²) >= 11 is 31.4. The smallest absolute Gasteiger partial charge is 0.264 e. The number of nitrogens with zero attached hydrogens (tertiary/aromatic N) is 2. The first kappa shape index (κ1) is 26.9. The number of methoxy groups -OCH3 is 2. The van der Waals surface area contributed by atoms with E-state index in [1.165, 1.54) is 19.1 Å². The van der Waals surface area contributed by atoms with Crippen molar-refractivity contribution in [3.63, 3.8) is 0 Å². The molecule has 0 spiro atoms. The van der Waals surface area contributed by atoms with E-state index in [1.807, 2.05) is 0 Å². The molecule has 2 atom stereocenters. The second kappa shape index (κ2) is 9.81. The molecular weight excluding hydrogens is 598 g/mol. The van der Waals surface area contributed by atoms with Crippen LogP contribution in [0.2, 0.25) is 25.1 Å². The number of amides is 3. The normalized spacial score (nSPS) is 18.6. The van der Waals surface area contributed by atoms with Crippen LogP contribution in [0.4, 0.5) is 5.69 Å². The summed E-state index contributed by atoms with van der Waals surface area (Å²) in [6, 6.07) is 8.04. The van der Waals surface area contributed by atoms with Gasteiger partial charge in [0.15, 0.2) is 0 Å². The van der Waals surface area contributed by atoms with Crippen LogP contribution >= 0.6 is 58.0 Å². The molecule has 0 saturated carbocycles. The van der Waals surface area contributed by atoms with Crippen LogP contribution in [0, 0.1) is 6.92 Å². The summed E-state index contributed by atoms with van der Waals surface area (Å²) in [6.45, 7) is 1.77. The SMILES string of the molecule is COc1ccc(OC)c(C2C(N3C(=O)c4c(Cl)c(Cl)c(Cl)c(Cl)c4C3=O)C(=O)N2c2cccc(Cl)c2C)c1. The average Bonchev–Trinajstić information content (AvgIpc) is 3.16. The Labute approximate surface area is 242 Å². The summed E-state index contributed by atoms with van der Waals surface area (Å²) in [5.74, 6) is -1.26. The molecule has 3 aromatic carbocycles. The Hall–Kier alpha value is -2.68. The lowest BCUT2D eigenvalue weighted by Gasteiger charge is -2.50. The van der Waals surface area contributed by atoms with Gasteiger partial charge in [-0.2, -0.15) is 0 Å². The molecule has 2 aliphatic rings. The van der Waals surface area contributed by atoms with Crippen molar-refractivity contribution in [3.05, 3.63) is 83.8 Å².